The second kappa shape index (κ2) is 7.03. The summed E-state index contributed by atoms with van der Waals surface area (Å²) in [5.41, 5.74) is -0.333. The number of sulfone groups is 1. The molecule has 0 bridgehead atoms. The predicted octanol–water partition coefficient (Wildman–Crippen LogP) is 3.12. The van der Waals surface area contributed by atoms with E-state index in [1.54, 1.807) is 0 Å². The number of carbonyl (C=O) groups excluding carboxylic acids is 1. The molecular weight excluding hydrogens is 411 g/mol. The van der Waals surface area contributed by atoms with Gasteiger partial charge in [-0.25, -0.2) is 21.6 Å². The third-order valence-electron chi connectivity index (χ3n) is 4.26. The first-order valence-electron chi connectivity index (χ1n) is 7.29. The molecule has 1 aromatic carbocycles. The Morgan fingerprint density at radius 3 is 2.21 bits per heavy atom. The Hall–Kier alpha value is -1.09. The van der Waals surface area contributed by atoms with Crippen LogP contribution in [0.4, 0.5) is 13.2 Å². The van der Waals surface area contributed by atoms with E-state index >= 15 is 4.39 Å². The van der Waals surface area contributed by atoms with Crippen molar-refractivity contribution in [3.05, 3.63) is 34.3 Å². The Labute approximate surface area is 147 Å². The molecule has 0 saturated carbocycles. The maximum absolute atomic E-state index is 15.2. The smallest absolute Gasteiger partial charge is 0.294 e. The first-order chi connectivity index (χ1) is 11.1. The lowest BCUT2D eigenvalue weighted by Crippen LogP contribution is -2.51. The molecule has 1 unspecified atom stereocenters. The van der Waals surface area contributed by atoms with Gasteiger partial charge in [0.15, 0.2) is 0 Å². The minimum atomic E-state index is -3.44. The summed E-state index contributed by atoms with van der Waals surface area (Å²) >= 11 is 3.14. The van der Waals surface area contributed by atoms with Gasteiger partial charge in [-0.15, -0.1) is 0 Å². The highest BCUT2D eigenvalue weighted by atomic mass is 79.9. The second-order valence-corrected chi connectivity index (χ2v) is 9.02. The van der Waals surface area contributed by atoms with Crippen molar-refractivity contribution in [3.8, 4) is 0 Å². The van der Waals surface area contributed by atoms with Gasteiger partial charge in [-0.1, -0.05) is 28.1 Å². The molecule has 134 valence electrons. The fourth-order valence-corrected chi connectivity index (χ4v) is 4.48. The zero-order chi connectivity index (χ0) is 18.1. The number of halogens is 4. The van der Waals surface area contributed by atoms with Crippen LogP contribution in [0.5, 0.6) is 0 Å². The largest absolute Gasteiger partial charge is 0.304 e. The van der Waals surface area contributed by atoms with E-state index in [4.69, 9.17) is 0 Å². The first kappa shape index (κ1) is 19.2. The first-order valence-corrected chi connectivity index (χ1v) is 9.90. The number of hydrogen-bond donors (Lipinski definition) is 0. The minimum absolute atomic E-state index is 0.0190. The Bertz CT molecular complexity index is 697. The van der Waals surface area contributed by atoms with Crippen molar-refractivity contribution in [2.75, 3.05) is 18.6 Å². The molecule has 1 amide bonds. The van der Waals surface area contributed by atoms with Crippen LogP contribution in [0.1, 0.15) is 18.4 Å². The van der Waals surface area contributed by atoms with Crippen LogP contribution in [-0.2, 0) is 20.4 Å². The van der Waals surface area contributed by atoms with Crippen LogP contribution in [0.15, 0.2) is 28.7 Å². The molecule has 2 rings (SSSR count). The Morgan fingerprint density at radius 1 is 1.25 bits per heavy atom. The molecule has 0 aliphatic carbocycles. The third-order valence-corrected chi connectivity index (χ3v) is 6.50. The highest BCUT2D eigenvalue weighted by Gasteiger charge is 2.50. The summed E-state index contributed by atoms with van der Waals surface area (Å²) in [5.74, 6) is -5.24. The molecule has 1 fully saturated rings. The summed E-state index contributed by atoms with van der Waals surface area (Å²) in [4.78, 5) is 12.9. The molecule has 1 aliphatic rings. The molecule has 0 spiro atoms. The average molecular weight is 428 g/mol. The maximum atomic E-state index is 15.2. The third kappa shape index (κ3) is 3.77. The van der Waals surface area contributed by atoms with Gasteiger partial charge in [-0.2, -0.15) is 0 Å². The van der Waals surface area contributed by atoms with E-state index in [1.165, 1.54) is 24.3 Å². The van der Waals surface area contributed by atoms with Crippen LogP contribution in [0, 0.1) is 5.92 Å². The lowest BCUT2D eigenvalue weighted by Gasteiger charge is -2.37. The summed E-state index contributed by atoms with van der Waals surface area (Å²) < 4.78 is 65.6. The molecule has 1 aliphatic heterocycles. The van der Waals surface area contributed by atoms with Crippen molar-refractivity contribution in [1.29, 1.82) is 0 Å². The van der Waals surface area contributed by atoms with Crippen LogP contribution in [0.25, 0.3) is 0 Å². The number of benzene rings is 1. The van der Waals surface area contributed by atoms with E-state index in [-0.39, 0.29) is 29.9 Å². The van der Waals surface area contributed by atoms with Gasteiger partial charge in [0.25, 0.3) is 12.2 Å². The zero-order valence-corrected chi connectivity index (χ0v) is 15.3. The number of hydrogen-bond acceptors (Lipinski definition) is 3. The predicted molar refractivity (Wildman–Crippen MR) is 87.1 cm³/mol. The van der Waals surface area contributed by atoms with Gasteiger partial charge >= 0.3 is 0 Å². The van der Waals surface area contributed by atoms with Crippen molar-refractivity contribution >= 4 is 31.7 Å². The van der Waals surface area contributed by atoms with Crippen LogP contribution >= 0.6 is 15.9 Å². The summed E-state index contributed by atoms with van der Waals surface area (Å²) in [6.07, 6.45) is -3.41. The highest BCUT2D eigenvalue weighted by Crippen LogP contribution is 2.38. The summed E-state index contributed by atoms with van der Waals surface area (Å²) in [7, 11) is -2.22. The number of amides is 1. The van der Waals surface area contributed by atoms with Gasteiger partial charge in [-0.05, 0) is 25.0 Å². The minimum Gasteiger partial charge on any atom is -0.304 e. The van der Waals surface area contributed by atoms with Gasteiger partial charge < -0.3 is 4.90 Å². The van der Waals surface area contributed by atoms with E-state index in [1.807, 2.05) is 0 Å². The van der Waals surface area contributed by atoms with Crippen LogP contribution in [-0.4, -0.2) is 44.2 Å². The van der Waals surface area contributed by atoms with Crippen molar-refractivity contribution in [1.82, 2.24) is 4.90 Å². The number of alkyl halides is 3. The van der Waals surface area contributed by atoms with Gasteiger partial charge in [0.05, 0.1) is 11.5 Å². The molecule has 0 radical (unpaired) electrons. The number of nitrogens with zero attached hydrogens (tertiary/aromatic N) is 1. The molecule has 24 heavy (non-hydrogen) atoms. The van der Waals surface area contributed by atoms with Crippen molar-refractivity contribution in [3.63, 3.8) is 0 Å². The molecular formula is C15H17BrF3NO3S. The maximum Gasteiger partial charge on any atom is 0.294 e. The van der Waals surface area contributed by atoms with Gasteiger partial charge in [-0.3, -0.25) is 4.79 Å². The second-order valence-electron chi connectivity index (χ2n) is 5.80. The van der Waals surface area contributed by atoms with Gasteiger partial charge in [0, 0.05) is 23.0 Å². The monoisotopic (exact) mass is 427 g/mol. The summed E-state index contributed by atoms with van der Waals surface area (Å²) in [6, 6.07) is 5.20. The molecule has 9 heteroatoms. The van der Waals surface area contributed by atoms with E-state index in [0.717, 1.165) is 7.05 Å². The molecule has 0 N–H and O–H groups in total. The molecule has 4 nitrogen and oxygen atoms in total. The van der Waals surface area contributed by atoms with E-state index in [9.17, 15) is 22.0 Å². The molecule has 0 aromatic heterocycles. The van der Waals surface area contributed by atoms with Crippen molar-refractivity contribution < 1.29 is 26.4 Å². The van der Waals surface area contributed by atoms with Gasteiger partial charge in [0.1, 0.15) is 9.84 Å². The SMILES string of the molecule is CN(C(=O)C1CCS(=O)(=O)CC1)C(F)(c1ccc(Br)cc1)C(F)F. The molecule has 1 saturated heterocycles. The van der Waals surface area contributed by atoms with Crippen LogP contribution in [0.3, 0.4) is 0 Å². The van der Waals surface area contributed by atoms with E-state index in [2.05, 4.69) is 15.9 Å². The number of carbonyl (C=O) groups is 1. The Balaban J connectivity index is 2.27. The molecule has 1 aromatic rings. The lowest BCUT2D eigenvalue weighted by molar-refractivity contribution is -0.172. The lowest BCUT2D eigenvalue weighted by atomic mass is 9.97. The highest BCUT2D eigenvalue weighted by molar-refractivity contribution is 9.10. The fraction of sp³-hybridized carbons (Fsp3) is 0.533. The topological polar surface area (TPSA) is 54.5 Å². The molecule has 1 heterocycles. The van der Waals surface area contributed by atoms with Crippen molar-refractivity contribution in [2.24, 2.45) is 5.92 Å². The van der Waals surface area contributed by atoms with E-state index in [0.29, 0.717) is 9.37 Å². The normalized spacial score (nSPS) is 20.6. The Kier molecular flexibility index (Phi) is 5.64. The summed E-state index contributed by atoms with van der Waals surface area (Å²) in [6.45, 7) is 0. The standard InChI is InChI=1S/C15H17BrF3NO3S/c1-20(13(21)10-6-8-24(22,23)9-7-10)15(19,14(17)18)11-2-4-12(16)5-3-11/h2-5,10,14H,6-9H2,1H3. The fourth-order valence-electron chi connectivity index (χ4n) is 2.72. The molecule has 1 atom stereocenters. The van der Waals surface area contributed by atoms with Crippen LogP contribution < -0.4 is 0 Å². The number of rotatable bonds is 4. The zero-order valence-electron chi connectivity index (χ0n) is 12.9. The summed E-state index contributed by atoms with van der Waals surface area (Å²) in [5, 5.41) is 0. The quantitative estimate of drug-likeness (QED) is 0.693. The Morgan fingerprint density at radius 2 is 1.75 bits per heavy atom. The van der Waals surface area contributed by atoms with E-state index < -0.39 is 33.9 Å². The van der Waals surface area contributed by atoms with Crippen LogP contribution in [0.2, 0.25) is 0 Å². The van der Waals surface area contributed by atoms with Crippen molar-refractivity contribution in [2.45, 2.75) is 25.1 Å². The van der Waals surface area contributed by atoms with Gasteiger partial charge in [0.2, 0.25) is 5.91 Å². The average Bonchev–Trinajstić information content (AvgIpc) is 2.53.